The fourth-order valence-corrected chi connectivity index (χ4v) is 4.18. The Morgan fingerprint density at radius 2 is 1.79 bits per heavy atom. The Bertz CT molecular complexity index is 1080. The standard InChI is InChI=1S/C19H18N2O5S2/c1-21(2)28(24,25)15-8-5-13(6-9-15)19(23)20-12-14-7-10-17(27-14)18(22)16-4-3-11-26-16/h3-11H,12H2,1-2H3,(H,20,23). The summed E-state index contributed by atoms with van der Waals surface area (Å²) in [6.45, 7) is 0.257. The summed E-state index contributed by atoms with van der Waals surface area (Å²) in [4.78, 5) is 26.0. The van der Waals surface area contributed by atoms with Gasteiger partial charge in [0.2, 0.25) is 15.8 Å². The zero-order valence-electron chi connectivity index (χ0n) is 15.2. The summed E-state index contributed by atoms with van der Waals surface area (Å²) in [5.74, 6) is -0.267. The van der Waals surface area contributed by atoms with Crippen LogP contribution in [0.25, 0.3) is 0 Å². The van der Waals surface area contributed by atoms with Gasteiger partial charge in [0.15, 0.2) is 5.76 Å². The number of amides is 1. The third-order valence-electron chi connectivity index (χ3n) is 3.95. The van der Waals surface area contributed by atoms with E-state index in [1.165, 1.54) is 56.0 Å². The molecule has 0 atom stereocenters. The molecule has 9 heteroatoms. The van der Waals surface area contributed by atoms with Gasteiger partial charge in [0.1, 0.15) is 0 Å². The monoisotopic (exact) mass is 418 g/mol. The number of ketones is 1. The highest BCUT2D eigenvalue weighted by Gasteiger charge is 2.18. The number of benzene rings is 1. The second-order valence-electron chi connectivity index (χ2n) is 6.07. The Kier molecular flexibility index (Phi) is 5.78. The van der Waals surface area contributed by atoms with Crippen molar-refractivity contribution in [1.29, 1.82) is 0 Å². The molecular weight excluding hydrogens is 400 g/mol. The van der Waals surface area contributed by atoms with E-state index in [-0.39, 0.29) is 28.9 Å². The van der Waals surface area contributed by atoms with Crippen molar-refractivity contribution >= 4 is 33.1 Å². The van der Waals surface area contributed by atoms with E-state index in [2.05, 4.69) is 5.32 Å². The first kappa shape index (κ1) is 20.0. The number of nitrogens with zero attached hydrogens (tertiary/aromatic N) is 1. The number of sulfonamides is 1. The van der Waals surface area contributed by atoms with E-state index in [0.717, 1.165) is 9.18 Å². The lowest BCUT2D eigenvalue weighted by Gasteiger charge is -2.11. The minimum absolute atomic E-state index is 0.119. The molecule has 1 N–H and O–H groups in total. The van der Waals surface area contributed by atoms with Crippen LogP contribution in [0.4, 0.5) is 0 Å². The minimum atomic E-state index is -3.54. The van der Waals surface area contributed by atoms with E-state index < -0.39 is 10.0 Å². The molecule has 0 aliphatic heterocycles. The fraction of sp³-hybridized carbons (Fsp3) is 0.158. The number of nitrogens with one attached hydrogen (secondary N) is 1. The Hall–Kier alpha value is -2.75. The van der Waals surface area contributed by atoms with Gasteiger partial charge < -0.3 is 9.73 Å². The lowest BCUT2D eigenvalue weighted by molar-refractivity contribution is 0.0950. The molecule has 0 aliphatic rings. The Morgan fingerprint density at radius 3 is 2.39 bits per heavy atom. The number of carbonyl (C=O) groups excluding carboxylic acids is 2. The summed E-state index contributed by atoms with van der Waals surface area (Å²) < 4.78 is 30.3. The molecule has 2 heterocycles. The van der Waals surface area contributed by atoms with Gasteiger partial charge in [0.25, 0.3) is 5.91 Å². The second kappa shape index (κ2) is 8.09. The summed E-state index contributed by atoms with van der Waals surface area (Å²) in [7, 11) is -0.642. The smallest absolute Gasteiger partial charge is 0.251 e. The average molecular weight is 418 g/mol. The summed E-state index contributed by atoms with van der Waals surface area (Å²) in [5, 5.41) is 2.76. The Balaban J connectivity index is 1.62. The molecule has 2 aromatic heterocycles. The molecular formula is C19H18N2O5S2. The number of carbonyl (C=O) groups is 2. The predicted octanol–water partition coefficient (Wildman–Crippen LogP) is 2.75. The van der Waals surface area contributed by atoms with Gasteiger partial charge in [-0.25, -0.2) is 12.7 Å². The summed E-state index contributed by atoms with van der Waals surface area (Å²) in [6.07, 6.45) is 1.44. The van der Waals surface area contributed by atoms with Gasteiger partial charge in [0.05, 0.1) is 22.6 Å². The van der Waals surface area contributed by atoms with E-state index in [1.807, 2.05) is 0 Å². The van der Waals surface area contributed by atoms with Crippen LogP contribution in [0.5, 0.6) is 0 Å². The second-order valence-corrected chi connectivity index (χ2v) is 9.39. The van der Waals surface area contributed by atoms with Gasteiger partial charge in [-0.2, -0.15) is 0 Å². The number of hydrogen-bond acceptors (Lipinski definition) is 6. The molecule has 0 saturated carbocycles. The van der Waals surface area contributed by atoms with Crippen LogP contribution in [0.3, 0.4) is 0 Å². The summed E-state index contributed by atoms with van der Waals surface area (Å²) in [5.41, 5.74) is 0.348. The van der Waals surface area contributed by atoms with Crippen LogP contribution in [0.15, 0.2) is 64.1 Å². The lowest BCUT2D eigenvalue weighted by Crippen LogP contribution is -2.24. The molecule has 0 bridgehead atoms. The molecule has 7 nitrogen and oxygen atoms in total. The van der Waals surface area contributed by atoms with Crippen molar-refractivity contribution in [3.63, 3.8) is 0 Å². The minimum Gasteiger partial charge on any atom is -0.461 e. The van der Waals surface area contributed by atoms with Crippen molar-refractivity contribution in [1.82, 2.24) is 9.62 Å². The fourth-order valence-electron chi connectivity index (χ4n) is 2.38. The van der Waals surface area contributed by atoms with Crippen molar-refractivity contribution in [3.05, 3.63) is 75.9 Å². The third kappa shape index (κ3) is 4.22. The topological polar surface area (TPSA) is 96.7 Å². The molecule has 1 amide bonds. The lowest BCUT2D eigenvalue weighted by atomic mass is 10.2. The van der Waals surface area contributed by atoms with E-state index in [1.54, 1.807) is 24.3 Å². The summed E-state index contributed by atoms with van der Waals surface area (Å²) in [6, 6.07) is 12.4. The molecule has 0 radical (unpaired) electrons. The largest absolute Gasteiger partial charge is 0.461 e. The number of thiophene rings is 1. The molecule has 3 rings (SSSR count). The number of hydrogen-bond donors (Lipinski definition) is 1. The van der Waals surface area contributed by atoms with Crippen molar-refractivity contribution in [2.24, 2.45) is 0 Å². The van der Waals surface area contributed by atoms with E-state index in [4.69, 9.17) is 4.42 Å². The first-order valence-electron chi connectivity index (χ1n) is 8.27. The molecule has 28 heavy (non-hydrogen) atoms. The Morgan fingerprint density at radius 1 is 1.07 bits per heavy atom. The molecule has 1 aromatic carbocycles. The number of furan rings is 1. The van der Waals surface area contributed by atoms with Gasteiger partial charge in [-0.05, 0) is 48.5 Å². The van der Waals surface area contributed by atoms with Crippen molar-refractivity contribution < 1.29 is 22.4 Å². The maximum absolute atomic E-state index is 12.3. The van der Waals surface area contributed by atoms with Crippen molar-refractivity contribution in [2.45, 2.75) is 11.4 Å². The quantitative estimate of drug-likeness (QED) is 0.595. The van der Waals surface area contributed by atoms with Crippen LogP contribution >= 0.6 is 11.3 Å². The molecule has 3 aromatic rings. The molecule has 0 fully saturated rings. The SMILES string of the molecule is CN(C)S(=O)(=O)c1ccc(C(=O)NCc2ccc(C(=O)c3ccco3)s2)cc1. The zero-order chi connectivity index (χ0) is 20.3. The molecule has 0 saturated heterocycles. The van der Waals surface area contributed by atoms with Gasteiger partial charge in [-0.15, -0.1) is 11.3 Å². The van der Waals surface area contributed by atoms with Crippen LogP contribution in [0, 0.1) is 0 Å². The molecule has 0 unspecified atom stereocenters. The van der Waals surface area contributed by atoms with Crippen molar-refractivity contribution in [2.75, 3.05) is 14.1 Å². The van der Waals surface area contributed by atoms with Crippen molar-refractivity contribution in [3.8, 4) is 0 Å². The predicted molar refractivity (Wildman–Crippen MR) is 105 cm³/mol. The zero-order valence-corrected chi connectivity index (χ0v) is 16.8. The highest BCUT2D eigenvalue weighted by atomic mass is 32.2. The highest BCUT2D eigenvalue weighted by Crippen LogP contribution is 2.20. The number of rotatable bonds is 7. The van der Waals surface area contributed by atoms with Gasteiger partial charge in [-0.1, -0.05) is 0 Å². The first-order chi connectivity index (χ1) is 13.3. The molecule has 0 spiro atoms. The van der Waals surface area contributed by atoms with Crippen LogP contribution in [0.1, 0.15) is 30.7 Å². The van der Waals surface area contributed by atoms with E-state index in [9.17, 15) is 18.0 Å². The van der Waals surface area contributed by atoms with Gasteiger partial charge in [0, 0.05) is 24.5 Å². The Labute approximate surface area is 166 Å². The molecule has 0 aliphatic carbocycles. The maximum atomic E-state index is 12.3. The first-order valence-corrected chi connectivity index (χ1v) is 10.5. The summed E-state index contributed by atoms with van der Waals surface area (Å²) >= 11 is 1.28. The van der Waals surface area contributed by atoms with Gasteiger partial charge in [-0.3, -0.25) is 9.59 Å². The van der Waals surface area contributed by atoms with Gasteiger partial charge >= 0.3 is 0 Å². The maximum Gasteiger partial charge on any atom is 0.251 e. The van der Waals surface area contributed by atoms with Crippen LogP contribution in [-0.2, 0) is 16.6 Å². The normalized spacial score (nSPS) is 11.5. The average Bonchev–Trinajstić information content (AvgIpc) is 3.37. The van der Waals surface area contributed by atoms with Crippen LogP contribution < -0.4 is 5.32 Å². The van der Waals surface area contributed by atoms with Crippen LogP contribution in [-0.4, -0.2) is 38.5 Å². The highest BCUT2D eigenvalue weighted by molar-refractivity contribution is 7.89. The van der Waals surface area contributed by atoms with Crippen LogP contribution in [0.2, 0.25) is 0 Å². The van der Waals surface area contributed by atoms with E-state index in [0.29, 0.717) is 10.4 Å². The third-order valence-corrected chi connectivity index (χ3v) is 6.86. The molecule has 146 valence electrons. The van der Waals surface area contributed by atoms with E-state index >= 15 is 0 Å².